The SMILES string of the molecule is COc1ccc(CN2CCN(C(=O)C3CCCN3C(=O)Cc3ccccc3)CC2)cc1. The van der Waals surface area contributed by atoms with Gasteiger partial charge >= 0.3 is 0 Å². The van der Waals surface area contributed by atoms with E-state index in [-0.39, 0.29) is 17.9 Å². The van der Waals surface area contributed by atoms with E-state index >= 15 is 0 Å². The third-order valence-electron chi connectivity index (χ3n) is 6.31. The number of ether oxygens (including phenoxy) is 1. The Morgan fingerprint density at radius 1 is 0.903 bits per heavy atom. The minimum atomic E-state index is -0.302. The van der Waals surface area contributed by atoms with Gasteiger partial charge in [0.1, 0.15) is 11.8 Å². The lowest BCUT2D eigenvalue weighted by molar-refractivity contribution is -0.144. The molecule has 6 heteroatoms. The maximum atomic E-state index is 13.2. The van der Waals surface area contributed by atoms with E-state index in [0.29, 0.717) is 26.1 Å². The highest BCUT2D eigenvalue weighted by atomic mass is 16.5. The smallest absolute Gasteiger partial charge is 0.245 e. The first kappa shape index (κ1) is 21.4. The predicted octanol–water partition coefficient (Wildman–Crippen LogP) is 2.57. The molecule has 4 rings (SSSR count). The number of rotatable bonds is 6. The second-order valence-electron chi connectivity index (χ2n) is 8.36. The van der Waals surface area contributed by atoms with Gasteiger partial charge in [0.05, 0.1) is 13.5 Å². The first-order chi connectivity index (χ1) is 15.1. The van der Waals surface area contributed by atoms with Gasteiger partial charge in [-0.2, -0.15) is 0 Å². The molecular formula is C25H31N3O3. The van der Waals surface area contributed by atoms with E-state index in [4.69, 9.17) is 4.74 Å². The first-order valence-electron chi connectivity index (χ1n) is 11.1. The lowest BCUT2D eigenvalue weighted by atomic mass is 10.1. The molecule has 164 valence electrons. The number of amides is 2. The van der Waals surface area contributed by atoms with Crippen LogP contribution in [0.5, 0.6) is 5.75 Å². The van der Waals surface area contributed by atoms with Crippen molar-refractivity contribution < 1.29 is 14.3 Å². The standard InChI is InChI=1S/C25H31N3O3/c1-31-22-11-9-21(10-12-22)19-26-14-16-27(17-15-26)25(30)23-8-5-13-28(23)24(29)18-20-6-3-2-4-7-20/h2-4,6-7,9-12,23H,5,8,13-19H2,1H3. The number of likely N-dealkylation sites (tertiary alicyclic amines) is 1. The summed E-state index contributed by atoms with van der Waals surface area (Å²) >= 11 is 0. The number of hydrogen-bond acceptors (Lipinski definition) is 4. The van der Waals surface area contributed by atoms with Crippen LogP contribution in [-0.2, 0) is 22.6 Å². The lowest BCUT2D eigenvalue weighted by Crippen LogP contribution is -2.54. The topological polar surface area (TPSA) is 53.1 Å². The van der Waals surface area contributed by atoms with Gasteiger partial charge in [-0.05, 0) is 36.1 Å². The van der Waals surface area contributed by atoms with Crippen molar-refractivity contribution in [3.05, 3.63) is 65.7 Å². The van der Waals surface area contributed by atoms with Crippen molar-refractivity contribution >= 4 is 11.8 Å². The van der Waals surface area contributed by atoms with E-state index in [2.05, 4.69) is 17.0 Å². The van der Waals surface area contributed by atoms with E-state index in [1.54, 1.807) is 12.0 Å². The molecule has 0 spiro atoms. The van der Waals surface area contributed by atoms with Gasteiger partial charge in [0.2, 0.25) is 11.8 Å². The largest absolute Gasteiger partial charge is 0.497 e. The number of nitrogens with zero attached hydrogens (tertiary/aromatic N) is 3. The van der Waals surface area contributed by atoms with Gasteiger partial charge in [-0.3, -0.25) is 14.5 Å². The summed E-state index contributed by atoms with van der Waals surface area (Å²) in [5.41, 5.74) is 2.24. The lowest BCUT2D eigenvalue weighted by Gasteiger charge is -2.37. The molecule has 2 saturated heterocycles. The highest BCUT2D eigenvalue weighted by Gasteiger charge is 2.37. The average molecular weight is 422 g/mol. The highest BCUT2D eigenvalue weighted by Crippen LogP contribution is 2.22. The monoisotopic (exact) mass is 421 g/mol. The van der Waals surface area contributed by atoms with Crippen LogP contribution in [0.2, 0.25) is 0 Å². The molecule has 0 bridgehead atoms. The van der Waals surface area contributed by atoms with Crippen LogP contribution in [0.3, 0.4) is 0 Å². The van der Waals surface area contributed by atoms with Crippen LogP contribution in [0.25, 0.3) is 0 Å². The summed E-state index contributed by atoms with van der Waals surface area (Å²) in [4.78, 5) is 32.2. The van der Waals surface area contributed by atoms with Gasteiger partial charge in [0.15, 0.2) is 0 Å². The van der Waals surface area contributed by atoms with Crippen molar-refractivity contribution in [2.45, 2.75) is 31.8 Å². The van der Waals surface area contributed by atoms with Crippen LogP contribution in [0.1, 0.15) is 24.0 Å². The fraction of sp³-hybridized carbons (Fsp3) is 0.440. The first-order valence-corrected chi connectivity index (χ1v) is 11.1. The second kappa shape index (κ2) is 9.96. The number of piperazine rings is 1. The molecule has 0 saturated carbocycles. The highest BCUT2D eigenvalue weighted by molar-refractivity contribution is 5.89. The molecule has 1 atom stereocenters. The Labute approximate surface area is 184 Å². The van der Waals surface area contributed by atoms with Crippen molar-refractivity contribution in [1.29, 1.82) is 0 Å². The minimum Gasteiger partial charge on any atom is -0.497 e. The molecule has 6 nitrogen and oxygen atoms in total. The van der Waals surface area contributed by atoms with E-state index in [0.717, 1.165) is 43.8 Å². The maximum Gasteiger partial charge on any atom is 0.245 e. The van der Waals surface area contributed by atoms with Gasteiger partial charge in [-0.15, -0.1) is 0 Å². The third-order valence-corrected chi connectivity index (χ3v) is 6.31. The number of benzene rings is 2. The Balaban J connectivity index is 1.29. The number of methoxy groups -OCH3 is 1. The summed E-state index contributed by atoms with van der Waals surface area (Å²) in [6, 6.07) is 17.6. The van der Waals surface area contributed by atoms with Crippen molar-refractivity contribution in [2.75, 3.05) is 39.8 Å². The summed E-state index contributed by atoms with van der Waals surface area (Å²) < 4.78 is 5.22. The number of carbonyl (C=O) groups is 2. The summed E-state index contributed by atoms with van der Waals surface area (Å²) in [7, 11) is 1.67. The van der Waals surface area contributed by atoms with Crippen LogP contribution >= 0.6 is 0 Å². The van der Waals surface area contributed by atoms with E-state index in [9.17, 15) is 9.59 Å². The van der Waals surface area contributed by atoms with Crippen molar-refractivity contribution in [1.82, 2.24) is 14.7 Å². The van der Waals surface area contributed by atoms with Crippen LogP contribution in [0.4, 0.5) is 0 Å². The number of carbonyl (C=O) groups excluding carboxylic acids is 2. The van der Waals surface area contributed by atoms with Gasteiger partial charge in [0, 0.05) is 39.3 Å². The summed E-state index contributed by atoms with van der Waals surface area (Å²) in [5, 5.41) is 0. The Morgan fingerprint density at radius 3 is 2.29 bits per heavy atom. The molecule has 2 aromatic rings. The van der Waals surface area contributed by atoms with Gasteiger partial charge < -0.3 is 14.5 Å². The van der Waals surface area contributed by atoms with Gasteiger partial charge in [0.25, 0.3) is 0 Å². The van der Waals surface area contributed by atoms with E-state index < -0.39 is 0 Å². The molecule has 2 amide bonds. The molecule has 2 heterocycles. The minimum absolute atomic E-state index is 0.0557. The van der Waals surface area contributed by atoms with Gasteiger partial charge in [-0.25, -0.2) is 0 Å². The molecule has 2 aromatic carbocycles. The molecular weight excluding hydrogens is 390 g/mol. The van der Waals surface area contributed by atoms with Crippen molar-refractivity contribution in [3.8, 4) is 5.75 Å². The zero-order chi connectivity index (χ0) is 21.6. The van der Waals surface area contributed by atoms with E-state index in [1.165, 1.54) is 5.56 Å². The second-order valence-corrected chi connectivity index (χ2v) is 8.36. The predicted molar refractivity (Wildman–Crippen MR) is 120 cm³/mol. The summed E-state index contributed by atoms with van der Waals surface area (Å²) in [6.45, 7) is 4.68. The van der Waals surface area contributed by atoms with Crippen LogP contribution < -0.4 is 4.74 Å². The molecule has 0 radical (unpaired) electrons. The fourth-order valence-electron chi connectivity index (χ4n) is 4.52. The maximum absolute atomic E-state index is 13.2. The zero-order valence-corrected chi connectivity index (χ0v) is 18.2. The van der Waals surface area contributed by atoms with Gasteiger partial charge in [-0.1, -0.05) is 42.5 Å². The Kier molecular flexibility index (Phi) is 6.87. The Bertz CT molecular complexity index is 877. The Morgan fingerprint density at radius 2 is 1.61 bits per heavy atom. The van der Waals surface area contributed by atoms with Crippen LogP contribution in [-0.4, -0.2) is 72.4 Å². The summed E-state index contributed by atoms with van der Waals surface area (Å²) in [5.74, 6) is 1.03. The molecule has 2 fully saturated rings. The molecule has 0 aliphatic carbocycles. The normalized spacial score (nSPS) is 19.5. The van der Waals surface area contributed by atoms with Crippen molar-refractivity contribution in [2.24, 2.45) is 0 Å². The molecule has 0 N–H and O–H groups in total. The zero-order valence-electron chi connectivity index (χ0n) is 18.2. The molecule has 0 aromatic heterocycles. The molecule has 2 aliphatic heterocycles. The van der Waals surface area contributed by atoms with Crippen LogP contribution in [0, 0.1) is 0 Å². The molecule has 1 unspecified atom stereocenters. The third kappa shape index (κ3) is 5.25. The molecule has 31 heavy (non-hydrogen) atoms. The van der Waals surface area contributed by atoms with Crippen molar-refractivity contribution in [3.63, 3.8) is 0 Å². The van der Waals surface area contributed by atoms with E-state index in [1.807, 2.05) is 47.4 Å². The summed E-state index contributed by atoms with van der Waals surface area (Å²) in [6.07, 6.45) is 2.03. The fourth-order valence-corrected chi connectivity index (χ4v) is 4.52. The quantitative estimate of drug-likeness (QED) is 0.720. The van der Waals surface area contributed by atoms with Crippen LogP contribution in [0.15, 0.2) is 54.6 Å². The Hall–Kier alpha value is -2.86. The molecule has 2 aliphatic rings. The average Bonchev–Trinajstić information content (AvgIpc) is 3.30. The number of hydrogen-bond donors (Lipinski definition) is 0.